The van der Waals surface area contributed by atoms with Gasteiger partial charge in [-0.25, -0.2) is 0 Å². The van der Waals surface area contributed by atoms with Crippen molar-refractivity contribution >= 4 is 22.9 Å². The van der Waals surface area contributed by atoms with Crippen LogP contribution in [-0.2, 0) is 4.79 Å². The van der Waals surface area contributed by atoms with Gasteiger partial charge in [-0.3, -0.25) is 4.79 Å². The van der Waals surface area contributed by atoms with Gasteiger partial charge in [-0.2, -0.15) is 0 Å². The van der Waals surface area contributed by atoms with E-state index >= 15 is 0 Å². The Labute approximate surface area is 89.3 Å². The van der Waals surface area contributed by atoms with Crippen molar-refractivity contribution in [2.24, 2.45) is 5.41 Å². The summed E-state index contributed by atoms with van der Waals surface area (Å²) in [5.74, 6) is -0.0741. The molecule has 14 heavy (non-hydrogen) atoms. The molecule has 3 heteroatoms. The fourth-order valence-corrected chi connectivity index (χ4v) is 1.82. The molecule has 0 heterocycles. The smallest absolute Gasteiger partial charge is 0.177 e. The second kappa shape index (κ2) is 3.31. The van der Waals surface area contributed by atoms with Crippen LogP contribution >= 0.6 is 12.2 Å². The number of allylic oxidation sites excluding steroid dienone is 3. The topological polar surface area (TPSA) is 37.3 Å². The van der Waals surface area contributed by atoms with Crippen molar-refractivity contribution < 1.29 is 9.90 Å². The number of aliphatic hydroxyl groups is 1. The molecule has 0 aromatic rings. The van der Waals surface area contributed by atoms with E-state index < -0.39 is 5.41 Å². The van der Waals surface area contributed by atoms with Crippen molar-refractivity contribution in [1.82, 2.24) is 0 Å². The molecule has 0 bridgehead atoms. The first-order chi connectivity index (χ1) is 6.27. The third-order valence-corrected chi connectivity index (χ3v) is 2.56. The van der Waals surface area contributed by atoms with Gasteiger partial charge < -0.3 is 5.11 Å². The molecule has 0 atom stereocenters. The molecule has 0 aromatic carbocycles. The Bertz CT molecular complexity index is 373. The van der Waals surface area contributed by atoms with Gasteiger partial charge in [0.15, 0.2) is 5.78 Å². The van der Waals surface area contributed by atoms with Crippen LogP contribution in [0.4, 0.5) is 0 Å². The lowest BCUT2D eigenvalue weighted by Crippen LogP contribution is -2.30. The van der Waals surface area contributed by atoms with Crippen LogP contribution in [0.3, 0.4) is 0 Å². The number of carbonyl (C=O) groups is 1. The molecule has 0 saturated heterocycles. The average molecular weight is 210 g/mol. The molecule has 2 nitrogen and oxygen atoms in total. The van der Waals surface area contributed by atoms with Gasteiger partial charge in [-0.1, -0.05) is 18.3 Å². The normalized spacial score (nSPS) is 20.9. The molecule has 76 valence electrons. The van der Waals surface area contributed by atoms with Crippen molar-refractivity contribution in [3.63, 3.8) is 0 Å². The monoisotopic (exact) mass is 210 g/mol. The Kier molecular flexibility index (Phi) is 2.63. The molecule has 0 saturated carbocycles. The molecule has 0 fully saturated rings. The Morgan fingerprint density at radius 1 is 1.50 bits per heavy atom. The van der Waals surface area contributed by atoms with E-state index in [2.05, 4.69) is 0 Å². The van der Waals surface area contributed by atoms with Gasteiger partial charge in [0, 0.05) is 10.3 Å². The van der Waals surface area contributed by atoms with Crippen LogP contribution in [0.2, 0.25) is 0 Å². The lowest BCUT2D eigenvalue weighted by Gasteiger charge is -2.26. The summed E-state index contributed by atoms with van der Waals surface area (Å²) < 4.78 is 0. The molecule has 0 amide bonds. The van der Waals surface area contributed by atoms with Crippen molar-refractivity contribution in [3.8, 4) is 0 Å². The molecule has 0 spiro atoms. The molecular formula is C11H14O2S. The van der Waals surface area contributed by atoms with Gasteiger partial charge in [0.25, 0.3) is 0 Å². The highest BCUT2D eigenvalue weighted by atomic mass is 32.1. The van der Waals surface area contributed by atoms with Gasteiger partial charge >= 0.3 is 0 Å². The number of rotatable bonds is 1. The van der Waals surface area contributed by atoms with Gasteiger partial charge in [0.05, 0.1) is 5.57 Å². The third-order valence-electron chi connectivity index (χ3n) is 2.35. The van der Waals surface area contributed by atoms with E-state index in [-0.39, 0.29) is 11.5 Å². The fourth-order valence-electron chi connectivity index (χ4n) is 1.63. The standard InChI is InChI=1S/C11H14O2S/c1-6-5-11(3,4)10(13)8(7(2)14)9(6)12/h5,12H,1-4H3. The predicted octanol–water partition coefficient (Wildman–Crippen LogP) is 2.74. The zero-order valence-electron chi connectivity index (χ0n) is 8.84. The summed E-state index contributed by atoms with van der Waals surface area (Å²) >= 11 is 4.96. The maximum Gasteiger partial charge on any atom is 0.177 e. The first-order valence-electron chi connectivity index (χ1n) is 4.46. The number of aliphatic hydroxyl groups excluding tert-OH is 1. The van der Waals surface area contributed by atoms with Gasteiger partial charge in [-0.05, 0) is 33.3 Å². The lowest BCUT2D eigenvalue weighted by atomic mass is 9.77. The van der Waals surface area contributed by atoms with E-state index in [1.54, 1.807) is 19.9 Å². The highest BCUT2D eigenvalue weighted by Crippen LogP contribution is 2.33. The summed E-state index contributed by atoms with van der Waals surface area (Å²) in [6, 6.07) is 0. The Hall–Kier alpha value is -0.960. The molecular weight excluding hydrogens is 196 g/mol. The first-order valence-corrected chi connectivity index (χ1v) is 4.87. The Balaban J connectivity index is 3.38. The molecule has 1 N–H and O–H groups in total. The fraction of sp³-hybridized carbons (Fsp3) is 0.455. The highest BCUT2D eigenvalue weighted by Gasteiger charge is 2.35. The van der Waals surface area contributed by atoms with Crippen molar-refractivity contribution in [3.05, 3.63) is 23.0 Å². The van der Waals surface area contributed by atoms with E-state index in [0.29, 0.717) is 16.0 Å². The minimum Gasteiger partial charge on any atom is -0.507 e. The first kappa shape index (κ1) is 11.1. The Morgan fingerprint density at radius 2 is 2.00 bits per heavy atom. The van der Waals surface area contributed by atoms with Gasteiger partial charge in [-0.15, -0.1) is 0 Å². The minimum absolute atomic E-state index is 0.0295. The highest BCUT2D eigenvalue weighted by molar-refractivity contribution is 7.80. The average Bonchev–Trinajstić information content (AvgIpc) is 2.00. The molecule has 1 rings (SSSR count). The molecule has 0 aromatic heterocycles. The SMILES string of the molecule is CC(=S)C1=C(O)C(C)=CC(C)(C)C1=O. The largest absolute Gasteiger partial charge is 0.507 e. The number of ketones is 1. The van der Waals surface area contributed by atoms with E-state index in [0.717, 1.165) is 0 Å². The zero-order valence-corrected chi connectivity index (χ0v) is 9.66. The second-order valence-electron chi connectivity index (χ2n) is 4.16. The summed E-state index contributed by atoms with van der Waals surface area (Å²) in [6.45, 7) is 7.09. The maximum absolute atomic E-state index is 11.9. The second-order valence-corrected chi connectivity index (χ2v) is 4.77. The molecule has 0 radical (unpaired) electrons. The number of hydrogen-bond acceptors (Lipinski definition) is 3. The van der Waals surface area contributed by atoms with E-state index in [1.807, 2.05) is 13.8 Å². The quantitative estimate of drug-likeness (QED) is 0.676. The van der Waals surface area contributed by atoms with Crippen LogP contribution in [0, 0.1) is 5.41 Å². The summed E-state index contributed by atoms with van der Waals surface area (Å²) in [5, 5.41) is 9.71. The number of Topliss-reactive ketones (excluding diaryl/α,β-unsaturated/α-hetero) is 1. The zero-order chi connectivity index (χ0) is 11.1. The van der Waals surface area contributed by atoms with Crippen LogP contribution in [0.15, 0.2) is 23.0 Å². The van der Waals surface area contributed by atoms with Crippen LogP contribution in [0.5, 0.6) is 0 Å². The summed E-state index contributed by atoms with van der Waals surface area (Å²) in [6.07, 6.45) is 1.77. The number of thiocarbonyl (C=S) groups is 1. The van der Waals surface area contributed by atoms with E-state index in [1.165, 1.54) is 0 Å². The van der Waals surface area contributed by atoms with Gasteiger partial charge in [0.2, 0.25) is 0 Å². The number of hydrogen-bond donors (Lipinski definition) is 1. The van der Waals surface area contributed by atoms with Crippen LogP contribution in [-0.4, -0.2) is 15.8 Å². The maximum atomic E-state index is 11.9. The van der Waals surface area contributed by atoms with Crippen molar-refractivity contribution in [2.45, 2.75) is 27.7 Å². The lowest BCUT2D eigenvalue weighted by molar-refractivity contribution is -0.121. The third kappa shape index (κ3) is 1.64. The summed E-state index contributed by atoms with van der Waals surface area (Å²) in [4.78, 5) is 12.3. The summed E-state index contributed by atoms with van der Waals surface area (Å²) in [5.41, 5.74) is 0.449. The Morgan fingerprint density at radius 3 is 2.43 bits per heavy atom. The van der Waals surface area contributed by atoms with Crippen LogP contribution in [0.1, 0.15) is 27.7 Å². The predicted molar refractivity (Wildman–Crippen MR) is 60.5 cm³/mol. The van der Waals surface area contributed by atoms with Crippen molar-refractivity contribution in [1.29, 1.82) is 0 Å². The van der Waals surface area contributed by atoms with E-state index in [9.17, 15) is 9.90 Å². The molecule has 1 aliphatic rings. The van der Waals surface area contributed by atoms with Crippen LogP contribution < -0.4 is 0 Å². The van der Waals surface area contributed by atoms with Crippen LogP contribution in [0.25, 0.3) is 0 Å². The van der Waals surface area contributed by atoms with Gasteiger partial charge in [0.1, 0.15) is 5.76 Å². The van der Waals surface area contributed by atoms with Crippen molar-refractivity contribution in [2.75, 3.05) is 0 Å². The molecule has 0 unspecified atom stereocenters. The minimum atomic E-state index is -0.564. The number of carbonyl (C=O) groups excluding carboxylic acids is 1. The molecule has 0 aliphatic heterocycles. The van der Waals surface area contributed by atoms with E-state index in [4.69, 9.17) is 12.2 Å². The summed E-state index contributed by atoms with van der Waals surface area (Å²) in [7, 11) is 0. The molecule has 1 aliphatic carbocycles.